The smallest absolute Gasteiger partial charge is 0.257 e. The van der Waals surface area contributed by atoms with Crippen molar-refractivity contribution in [1.29, 1.82) is 0 Å². The average molecular weight is 421 g/mol. The van der Waals surface area contributed by atoms with Crippen LogP contribution in [0.5, 0.6) is 5.75 Å². The fraction of sp³-hybridized carbons (Fsp3) is 0.360. The van der Waals surface area contributed by atoms with Gasteiger partial charge in [0, 0.05) is 16.5 Å². The summed E-state index contributed by atoms with van der Waals surface area (Å²) in [5, 5.41) is 5.54. The maximum atomic E-state index is 12.6. The lowest BCUT2D eigenvalue weighted by molar-refractivity contribution is 0.102. The maximum Gasteiger partial charge on any atom is 0.257 e. The third-order valence-electron chi connectivity index (χ3n) is 5.50. The van der Waals surface area contributed by atoms with Gasteiger partial charge in [0.05, 0.1) is 12.3 Å². The van der Waals surface area contributed by atoms with Gasteiger partial charge in [-0.3, -0.25) is 10.1 Å². The summed E-state index contributed by atoms with van der Waals surface area (Å²) in [6.07, 6.45) is 8.26. The van der Waals surface area contributed by atoms with E-state index in [-0.39, 0.29) is 5.91 Å². The van der Waals surface area contributed by atoms with Gasteiger partial charge in [0.2, 0.25) is 0 Å². The summed E-state index contributed by atoms with van der Waals surface area (Å²) in [5.74, 6) is 0.644. The van der Waals surface area contributed by atoms with Crippen molar-refractivity contribution in [2.75, 3.05) is 11.9 Å². The zero-order valence-corrected chi connectivity index (χ0v) is 18.3. The first-order valence-electron chi connectivity index (χ1n) is 10.8. The van der Waals surface area contributed by atoms with E-state index >= 15 is 0 Å². The van der Waals surface area contributed by atoms with E-state index in [1.807, 2.05) is 17.5 Å². The number of thiazole rings is 1. The minimum atomic E-state index is -0.154. The second-order valence-corrected chi connectivity index (χ2v) is 8.62. The maximum absolute atomic E-state index is 12.6. The molecule has 1 N–H and O–H groups in total. The molecule has 4 nitrogen and oxygen atoms in total. The van der Waals surface area contributed by atoms with Crippen LogP contribution in [0.4, 0.5) is 5.13 Å². The van der Waals surface area contributed by atoms with E-state index in [0.29, 0.717) is 17.3 Å². The Hall–Kier alpha value is -2.66. The number of ether oxygens (including phenoxy) is 1. The summed E-state index contributed by atoms with van der Waals surface area (Å²) in [7, 11) is 0. The molecular weight excluding hydrogens is 392 g/mol. The van der Waals surface area contributed by atoms with Gasteiger partial charge in [-0.25, -0.2) is 4.98 Å². The van der Waals surface area contributed by atoms with E-state index in [2.05, 4.69) is 35.4 Å². The Kier molecular flexibility index (Phi) is 6.80. The minimum Gasteiger partial charge on any atom is -0.494 e. The highest BCUT2D eigenvalue weighted by Crippen LogP contribution is 2.29. The van der Waals surface area contributed by atoms with Gasteiger partial charge in [0.15, 0.2) is 5.13 Å². The molecule has 1 aliphatic rings. The standard InChI is InChI=1S/C25H28N2O2S/c1-2-3-6-15-29-22-13-11-19(12-14-22)24(28)27-25-26-23(17-30-25)21-10-9-18-7-4-5-8-20(18)16-21/h9-14,16-17H,2-8,15H2,1H3,(H,26,27,28). The molecule has 3 aromatic rings. The Morgan fingerprint density at radius 3 is 2.67 bits per heavy atom. The predicted octanol–water partition coefficient (Wildman–Crippen LogP) is 6.51. The molecule has 0 bridgehead atoms. The molecule has 0 saturated heterocycles. The molecule has 0 fully saturated rings. The third-order valence-corrected chi connectivity index (χ3v) is 6.26. The first kappa shape index (κ1) is 20.6. The number of aromatic nitrogens is 1. The molecule has 4 rings (SSSR count). The van der Waals surface area contributed by atoms with Crippen molar-refractivity contribution in [3.63, 3.8) is 0 Å². The van der Waals surface area contributed by atoms with Crippen LogP contribution in [0, 0.1) is 0 Å². The van der Waals surface area contributed by atoms with E-state index in [1.54, 1.807) is 12.1 Å². The average Bonchev–Trinajstić information content (AvgIpc) is 3.25. The Bertz CT molecular complexity index is 995. The molecule has 0 atom stereocenters. The number of benzene rings is 2. The van der Waals surface area contributed by atoms with E-state index in [4.69, 9.17) is 4.74 Å². The topological polar surface area (TPSA) is 51.2 Å². The Morgan fingerprint density at radius 1 is 1.07 bits per heavy atom. The molecule has 1 aromatic heterocycles. The second-order valence-electron chi connectivity index (χ2n) is 7.76. The van der Waals surface area contributed by atoms with Crippen LogP contribution in [-0.4, -0.2) is 17.5 Å². The summed E-state index contributed by atoms with van der Waals surface area (Å²) in [4.78, 5) is 17.2. The number of unbranched alkanes of at least 4 members (excludes halogenated alkanes) is 2. The zero-order chi connectivity index (χ0) is 20.8. The van der Waals surface area contributed by atoms with Crippen LogP contribution < -0.4 is 10.1 Å². The lowest BCUT2D eigenvalue weighted by atomic mass is 9.90. The van der Waals surface area contributed by atoms with E-state index in [1.165, 1.54) is 54.6 Å². The molecule has 1 heterocycles. The van der Waals surface area contributed by atoms with Crippen molar-refractivity contribution < 1.29 is 9.53 Å². The van der Waals surface area contributed by atoms with Gasteiger partial charge in [-0.05, 0) is 73.6 Å². The third kappa shape index (κ3) is 5.08. The molecule has 156 valence electrons. The van der Waals surface area contributed by atoms with Crippen LogP contribution in [0.1, 0.15) is 60.5 Å². The molecule has 0 unspecified atom stereocenters. The molecule has 2 aromatic carbocycles. The Morgan fingerprint density at radius 2 is 1.87 bits per heavy atom. The lowest BCUT2D eigenvalue weighted by Gasteiger charge is -2.16. The molecule has 30 heavy (non-hydrogen) atoms. The summed E-state index contributed by atoms with van der Waals surface area (Å²) in [6, 6.07) is 13.9. The Labute approximate surface area is 182 Å². The highest BCUT2D eigenvalue weighted by Gasteiger charge is 2.13. The molecule has 0 aliphatic heterocycles. The van der Waals surface area contributed by atoms with Crippen molar-refractivity contribution in [3.8, 4) is 17.0 Å². The van der Waals surface area contributed by atoms with Crippen LogP contribution in [0.3, 0.4) is 0 Å². The molecule has 0 saturated carbocycles. The number of hydrogen-bond donors (Lipinski definition) is 1. The van der Waals surface area contributed by atoms with Gasteiger partial charge in [0.1, 0.15) is 5.75 Å². The van der Waals surface area contributed by atoms with Crippen molar-refractivity contribution in [3.05, 3.63) is 64.5 Å². The van der Waals surface area contributed by atoms with Crippen LogP contribution in [0.15, 0.2) is 47.8 Å². The van der Waals surface area contributed by atoms with Crippen LogP contribution in [0.25, 0.3) is 11.3 Å². The minimum absolute atomic E-state index is 0.154. The molecule has 1 amide bonds. The number of nitrogens with one attached hydrogen (secondary N) is 1. The highest BCUT2D eigenvalue weighted by molar-refractivity contribution is 7.14. The summed E-state index contributed by atoms with van der Waals surface area (Å²) >= 11 is 1.46. The van der Waals surface area contributed by atoms with Gasteiger partial charge >= 0.3 is 0 Å². The number of hydrogen-bond acceptors (Lipinski definition) is 4. The van der Waals surface area contributed by atoms with Crippen LogP contribution in [0.2, 0.25) is 0 Å². The van der Waals surface area contributed by atoms with Crippen LogP contribution in [-0.2, 0) is 12.8 Å². The Balaban J connectivity index is 1.37. The number of carbonyl (C=O) groups is 1. The first-order valence-corrected chi connectivity index (χ1v) is 11.7. The predicted molar refractivity (Wildman–Crippen MR) is 124 cm³/mol. The lowest BCUT2D eigenvalue weighted by Crippen LogP contribution is -2.11. The number of carbonyl (C=O) groups excluding carboxylic acids is 1. The van der Waals surface area contributed by atoms with Gasteiger partial charge < -0.3 is 4.74 Å². The quantitative estimate of drug-likeness (QED) is 0.423. The van der Waals surface area contributed by atoms with Gasteiger partial charge in [-0.2, -0.15) is 0 Å². The molecule has 0 radical (unpaired) electrons. The number of amides is 1. The molecule has 1 aliphatic carbocycles. The monoisotopic (exact) mass is 420 g/mol. The highest BCUT2D eigenvalue weighted by atomic mass is 32.1. The van der Waals surface area contributed by atoms with Crippen molar-refractivity contribution >= 4 is 22.4 Å². The fourth-order valence-electron chi connectivity index (χ4n) is 3.77. The molecular formula is C25H28N2O2S. The SMILES string of the molecule is CCCCCOc1ccc(C(=O)Nc2nc(-c3ccc4c(c3)CCCC4)cs2)cc1. The largest absolute Gasteiger partial charge is 0.494 e. The van der Waals surface area contributed by atoms with E-state index in [9.17, 15) is 4.79 Å². The molecule has 5 heteroatoms. The summed E-state index contributed by atoms with van der Waals surface area (Å²) in [5.41, 5.74) is 5.54. The van der Waals surface area contributed by atoms with Gasteiger partial charge in [0.25, 0.3) is 5.91 Å². The second kappa shape index (κ2) is 9.90. The zero-order valence-electron chi connectivity index (χ0n) is 17.4. The van der Waals surface area contributed by atoms with Crippen molar-refractivity contribution in [2.45, 2.75) is 51.9 Å². The van der Waals surface area contributed by atoms with E-state index < -0.39 is 0 Å². The summed E-state index contributed by atoms with van der Waals surface area (Å²) in [6.45, 7) is 2.88. The number of aryl methyl sites for hydroxylation is 2. The fourth-order valence-corrected chi connectivity index (χ4v) is 4.49. The number of anilines is 1. The number of rotatable bonds is 8. The first-order chi connectivity index (χ1) is 14.7. The normalized spacial score (nSPS) is 13.0. The van der Waals surface area contributed by atoms with Crippen LogP contribution >= 0.6 is 11.3 Å². The number of nitrogens with zero attached hydrogens (tertiary/aromatic N) is 1. The van der Waals surface area contributed by atoms with Crippen molar-refractivity contribution in [2.24, 2.45) is 0 Å². The van der Waals surface area contributed by atoms with E-state index in [0.717, 1.165) is 29.8 Å². The van der Waals surface area contributed by atoms with Gasteiger partial charge in [-0.1, -0.05) is 31.9 Å². The molecule has 0 spiro atoms. The summed E-state index contributed by atoms with van der Waals surface area (Å²) < 4.78 is 5.71. The number of fused-ring (bicyclic) bond motifs is 1. The van der Waals surface area contributed by atoms with Crippen molar-refractivity contribution in [1.82, 2.24) is 4.98 Å². The van der Waals surface area contributed by atoms with Gasteiger partial charge in [-0.15, -0.1) is 11.3 Å².